The zero-order chi connectivity index (χ0) is 24.3. The third-order valence-corrected chi connectivity index (χ3v) is 10.4. The van der Waals surface area contributed by atoms with E-state index in [4.69, 9.17) is 10.2 Å². The van der Waals surface area contributed by atoms with Crippen LogP contribution >= 0.6 is 0 Å². The van der Waals surface area contributed by atoms with Crippen LogP contribution in [0.3, 0.4) is 0 Å². The largest absolute Gasteiger partial charge is 0.393 e. The molecule has 0 aliphatic heterocycles. The molecule has 0 spiro atoms. The van der Waals surface area contributed by atoms with Crippen molar-refractivity contribution < 1.29 is 9.90 Å². The SMILES string of the molecule is CC(=O)NC[C@H](C)CCc1nnc2c(c1C)[C@@]1(C)CC[C@H]3[C@@H](CC=C4C[C@@H](O)CC[C@@]43C)[C@@H]1C2. The van der Waals surface area contributed by atoms with E-state index < -0.39 is 0 Å². The third-order valence-electron chi connectivity index (χ3n) is 10.4. The number of nitrogens with one attached hydrogen (secondary N) is 1. The van der Waals surface area contributed by atoms with Gasteiger partial charge in [0, 0.05) is 13.5 Å². The summed E-state index contributed by atoms with van der Waals surface area (Å²) in [5.74, 6) is 2.55. The maximum absolute atomic E-state index is 11.2. The Hall–Kier alpha value is -1.75. The van der Waals surface area contributed by atoms with Gasteiger partial charge in [-0.2, -0.15) is 10.2 Å². The third kappa shape index (κ3) is 3.83. The van der Waals surface area contributed by atoms with Crippen LogP contribution in [0.2, 0.25) is 0 Å². The fourth-order valence-corrected chi connectivity index (χ4v) is 8.41. The summed E-state index contributed by atoms with van der Waals surface area (Å²) in [7, 11) is 0. The fourth-order valence-electron chi connectivity index (χ4n) is 8.41. The summed E-state index contributed by atoms with van der Waals surface area (Å²) < 4.78 is 0. The van der Waals surface area contributed by atoms with E-state index in [1.54, 1.807) is 12.5 Å². The second kappa shape index (κ2) is 8.72. The van der Waals surface area contributed by atoms with Crippen molar-refractivity contribution in [3.05, 3.63) is 34.2 Å². The molecule has 5 rings (SSSR count). The van der Waals surface area contributed by atoms with Crippen molar-refractivity contribution in [2.75, 3.05) is 6.54 Å². The first kappa shape index (κ1) is 24.0. The second-order valence-corrected chi connectivity index (χ2v) is 12.5. The monoisotopic (exact) mass is 465 g/mol. The van der Waals surface area contributed by atoms with Crippen molar-refractivity contribution in [1.29, 1.82) is 0 Å². The van der Waals surface area contributed by atoms with Gasteiger partial charge >= 0.3 is 0 Å². The van der Waals surface area contributed by atoms with Crippen LogP contribution in [0.5, 0.6) is 0 Å². The molecule has 1 amide bonds. The molecule has 5 nitrogen and oxygen atoms in total. The van der Waals surface area contributed by atoms with Gasteiger partial charge in [-0.3, -0.25) is 4.79 Å². The lowest BCUT2D eigenvalue weighted by Crippen LogP contribution is -2.51. The molecule has 0 bridgehead atoms. The van der Waals surface area contributed by atoms with E-state index in [-0.39, 0.29) is 22.8 Å². The Balaban J connectivity index is 1.37. The zero-order valence-electron chi connectivity index (χ0n) is 21.8. The molecule has 1 aromatic rings. The molecule has 0 unspecified atom stereocenters. The molecule has 1 aromatic heterocycles. The summed E-state index contributed by atoms with van der Waals surface area (Å²) in [5.41, 5.74) is 7.29. The van der Waals surface area contributed by atoms with Gasteiger partial charge in [-0.15, -0.1) is 0 Å². The highest BCUT2D eigenvalue weighted by molar-refractivity contribution is 5.72. The van der Waals surface area contributed by atoms with Crippen molar-refractivity contribution in [3.63, 3.8) is 0 Å². The number of rotatable bonds is 5. The van der Waals surface area contributed by atoms with Gasteiger partial charge < -0.3 is 10.4 Å². The Kier molecular flexibility index (Phi) is 6.15. The van der Waals surface area contributed by atoms with Crippen molar-refractivity contribution >= 4 is 5.91 Å². The molecule has 2 saturated carbocycles. The van der Waals surface area contributed by atoms with Gasteiger partial charge in [0.25, 0.3) is 0 Å². The molecule has 0 aromatic carbocycles. The number of carbonyl (C=O) groups is 1. The number of allylic oxidation sites excluding steroid dienone is 1. The molecule has 2 fully saturated rings. The van der Waals surface area contributed by atoms with Crippen LogP contribution in [0.15, 0.2) is 11.6 Å². The Labute approximate surface area is 205 Å². The van der Waals surface area contributed by atoms with Crippen LogP contribution in [-0.4, -0.2) is 33.9 Å². The molecular formula is C29H43N3O2. The van der Waals surface area contributed by atoms with Crippen LogP contribution < -0.4 is 5.32 Å². The molecule has 4 aliphatic carbocycles. The van der Waals surface area contributed by atoms with E-state index in [1.165, 1.54) is 29.7 Å². The van der Waals surface area contributed by atoms with E-state index in [0.717, 1.165) is 63.1 Å². The van der Waals surface area contributed by atoms with Gasteiger partial charge in [-0.25, -0.2) is 0 Å². The number of hydrogen-bond acceptors (Lipinski definition) is 4. The zero-order valence-corrected chi connectivity index (χ0v) is 21.8. The minimum atomic E-state index is -0.141. The topological polar surface area (TPSA) is 75.1 Å². The minimum absolute atomic E-state index is 0.0397. The Morgan fingerprint density at radius 1 is 1.18 bits per heavy atom. The van der Waals surface area contributed by atoms with E-state index in [1.807, 2.05) is 0 Å². The van der Waals surface area contributed by atoms with Crippen LogP contribution in [0, 0.1) is 36.0 Å². The van der Waals surface area contributed by atoms with Crippen LogP contribution in [0.4, 0.5) is 0 Å². The number of aliphatic hydroxyl groups excluding tert-OH is 1. The summed E-state index contributed by atoms with van der Waals surface area (Å²) in [6, 6.07) is 0. The highest BCUT2D eigenvalue weighted by Gasteiger charge is 2.58. The summed E-state index contributed by atoms with van der Waals surface area (Å²) in [6.45, 7) is 11.8. The molecule has 0 saturated heterocycles. The molecule has 7 atom stereocenters. The first-order valence-corrected chi connectivity index (χ1v) is 13.6. The predicted molar refractivity (Wildman–Crippen MR) is 134 cm³/mol. The molecule has 1 heterocycles. The van der Waals surface area contributed by atoms with Crippen LogP contribution in [0.1, 0.15) is 95.2 Å². The Morgan fingerprint density at radius 2 is 1.94 bits per heavy atom. The number of nitrogens with zero attached hydrogens (tertiary/aromatic N) is 2. The fraction of sp³-hybridized carbons (Fsp3) is 0.759. The standard InChI is InChI=1S/C29H43N3O2/c1-17(16-30-19(3)33)6-9-25-18(2)27-26(32-31-25)15-24-22-8-7-20-14-21(34)10-12-28(20,4)23(22)11-13-29(24,27)5/h7,17,21-24,34H,6,8-16H2,1-5H3,(H,30,33)/t17-,21+,22-,23+,24+,28+,29+/m1/s1. The van der Waals surface area contributed by atoms with E-state index >= 15 is 0 Å². The number of aliphatic hydroxyl groups is 1. The van der Waals surface area contributed by atoms with Gasteiger partial charge in [0.1, 0.15) is 0 Å². The lowest BCUT2D eigenvalue weighted by Gasteiger charge is -2.57. The highest BCUT2D eigenvalue weighted by Crippen LogP contribution is 2.64. The van der Waals surface area contributed by atoms with Crippen molar-refractivity contribution in [1.82, 2.24) is 15.5 Å². The first-order valence-electron chi connectivity index (χ1n) is 13.6. The number of fused-ring (bicyclic) bond motifs is 7. The summed E-state index contributed by atoms with van der Waals surface area (Å²) >= 11 is 0. The summed E-state index contributed by atoms with van der Waals surface area (Å²) in [4.78, 5) is 11.2. The molecular weight excluding hydrogens is 422 g/mol. The maximum atomic E-state index is 11.2. The maximum Gasteiger partial charge on any atom is 0.216 e. The first-order chi connectivity index (χ1) is 16.1. The average molecular weight is 466 g/mol. The van der Waals surface area contributed by atoms with Crippen molar-refractivity contribution in [2.24, 2.45) is 29.1 Å². The van der Waals surface area contributed by atoms with Gasteiger partial charge in [-0.05, 0) is 110 Å². The second-order valence-electron chi connectivity index (χ2n) is 12.5. The molecule has 2 N–H and O–H groups in total. The molecule has 34 heavy (non-hydrogen) atoms. The molecule has 5 heteroatoms. The van der Waals surface area contributed by atoms with E-state index in [2.05, 4.69) is 39.1 Å². The lowest BCUT2D eigenvalue weighted by molar-refractivity contribution is -0.119. The number of aryl methyl sites for hydroxylation is 1. The normalized spacial score (nSPS) is 37.1. The lowest BCUT2D eigenvalue weighted by atomic mass is 9.47. The van der Waals surface area contributed by atoms with Gasteiger partial charge in [0.05, 0.1) is 17.5 Å². The molecule has 0 radical (unpaired) electrons. The minimum Gasteiger partial charge on any atom is -0.393 e. The summed E-state index contributed by atoms with van der Waals surface area (Å²) in [5, 5.41) is 22.8. The smallest absolute Gasteiger partial charge is 0.216 e. The molecule has 4 aliphatic rings. The summed E-state index contributed by atoms with van der Waals surface area (Å²) in [6.07, 6.45) is 12.0. The number of aromatic nitrogens is 2. The Bertz CT molecular complexity index is 1000. The van der Waals surface area contributed by atoms with E-state index in [9.17, 15) is 9.90 Å². The van der Waals surface area contributed by atoms with Crippen LogP contribution in [-0.2, 0) is 23.1 Å². The van der Waals surface area contributed by atoms with Crippen molar-refractivity contribution in [2.45, 2.75) is 104 Å². The Morgan fingerprint density at radius 3 is 2.71 bits per heavy atom. The highest BCUT2D eigenvalue weighted by atomic mass is 16.3. The number of carbonyl (C=O) groups excluding carboxylic acids is 1. The number of hydrogen-bond donors (Lipinski definition) is 2. The predicted octanol–water partition coefficient (Wildman–Crippen LogP) is 4.83. The average Bonchev–Trinajstić information content (AvgIpc) is 3.11. The van der Waals surface area contributed by atoms with E-state index in [0.29, 0.717) is 17.8 Å². The quantitative estimate of drug-likeness (QED) is 0.611. The van der Waals surface area contributed by atoms with Gasteiger partial charge in [-0.1, -0.05) is 32.4 Å². The van der Waals surface area contributed by atoms with Crippen LogP contribution in [0.25, 0.3) is 0 Å². The number of amides is 1. The molecule has 186 valence electrons. The van der Waals surface area contributed by atoms with Crippen molar-refractivity contribution in [3.8, 4) is 0 Å². The van der Waals surface area contributed by atoms with Gasteiger partial charge in [0.2, 0.25) is 5.91 Å². The van der Waals surface area contributed by atoms with Gasteiger partial charge in [0.15, 0.2) is 0 Å².